The van der Waals surface area contributed by atoms with Crippen LogP contribution in [0.3, 0.4) is 0 Å². The van der Waals surface area contributed by atoms with E-state index in [2.05, 4.69) is 41.5 Å². The molecule has 0 saturated carbocycles. The van der Waals surface area contributed by atoms with Gasteiger partial charge in [0, 0.05) is 23.5 Å². The molecule has 100 valence electrons. The fourth-order valence-electron chi connectivity index (χ4n) is 2.92. The minimum atomic E-state index is -0.253. The Morgan fingerprint density at radius 2 is 2.32 bits per heavy atom. The van der Waals surface area contributed by atoms with Crippen LogP contribution in [0.2, 0.25) is 0 Å². The number of nitrogens with one attached hydrogen (secondary N) is 2. The number of H-pyrrole nitrogens is 1. The maximum Gasteiger partial charge on any atom is 0.323 e. The van der Waals surface area contributed by atoms with E-state index in [1.807, 2.05) is 0 Å². The fraction of sp³-hybridized carbons (Fsp3) is 0.400. The van der Waals surface area contributed by atoms with Crippen molar-refractivity contribution in [2.45, 2.75) is 31.8 Å². The smallest absolute Gasteiger partial charge is 0.323 e. The molecule has 0 fully saturated rings. The van der Waals surface area contributed by atoms with Gasteiger partial charge in [-0.05, 0) is 30.2 Å². The molecule has 0 radical (unpaired) electrons. The topological polar surface area (TPSA) is 54.1 Å². The third-order valence-electron chi connectivity index (χ3n) is 3.84. The van der Waals surface area contributed by atoms with E-state index < -0.39 is 0 Å². The number of carbonyl (C=O) groups excluding carboxylic acids is 1. The van der Waals surface area contributed by atoms with Crippen molar-refractivity contribution < 1.29 is 9.53 Å². The van der Waals surface area contributed by atoms with E-state index in [1.165, 1.54) is 23.6 Å². The molecule has 1 aromatic rings. The van der Waals surface area contributed by atoms with Gasteiger partial charge in [0.1, 0.15) is 6.04 Å². The maximum absolute atomic E-state index is 11.8. The summed E-state index contributed by atoms with van der Waals surface area (Å²) in [4.78, 5) is 15.2. The second-order valence-corrected chi connectivity index (χ2v) is 5.05. The molecule has 1 aromatic heterocycles. The van der Waals surface area contributed by atoms with Crippen molar-refractivity contribution in [2.75, 3.05) is 7.11 Å². The minimum Gasteiger partial charge on any atom is -0.468 e. The van der Waals surface area contributed by atoms with Crippen LogP contribution in [-0.4, -0.2) is 24.1 Å². The van der Waals surface area contributed by atoms with Gasteiger partial charge in [-0.25, -0.2) is 0 Å². The van der Waals surface area contributed by atoms with Crippen LogP contribution < -0.4 is 15.9 Å². The van der Waals surface area contributed by atoms with Gasteiger partial charge >= 0.3 is 5.97 Å². The molecule has 1 aliphatic heterocycles. The number of allylic oxidation sites excluding steroid dienone is 2. The summed E-state index contributed by atoms with van der Waals surface area (Å²) in [5.41, 5.74) is 2.43. The molecule has 1 aliphatic carbocycles. The lowest BCUT2D eigenvalue weighted by Gasteiger charge is -2.27. The number of carbonyl (C=O) groups is 1. The van der Waals surface area contributed by atoms with Crippen molar-refractivity contribution in [3.63, 3.8) is 0 Å². The first kappa shape index (κ1) is 12.2. The molecular formula is C15H18N2O2. The molecule has 4 nitrogen and oxygen atoms in total. The summed E-state index contributed by atoms with van der Waals surface area (Å²) in [6, 6.07) is -0.123. The number of aromatic nitrogens is 1. The van der Waals surface area contributed by atoms with E-state index >= 15 is 0 Å². The second kappa shape index (κ2) is 4.70. The average molecular weight is 258 g/mol. The molecule has 19 heavy (non-hydrogen) atoms. The molecule has 2 aliphatic rings. The number of rotatable bonds is 1. The first-order chi connectivity index (χ1) is 9.20. The zero-order chi connectivity index (χ0) is 13.4. The summed E-state index contributed by atoms with van der Waals surface area (Å²) in [7, 11) is 1.44. The van der Waals surface area contributed by atoms with Crippen LogP contribution in [-0.2, 0) is 16.0 Å². The first-order valence-corrected chi connectivity index (χ1v) is 6.62. The van der Waals surface area contributed by atoms with Gasteiger partial charge in [-0.2, -0.15) is 0 Å². The molecule has 4 heteroatoms. The Bertz CT molecular complexity index is 654. The Morgan fingerprint density at radius 1 is 1.47 bits per heavy atom. The quantitative estimate of drug-likeness (QED) is 0.712. The van der Waals surface area contributed by atoms with Crippen molar-refractivity contribution >= 4 is 18.1 Å². The van der Waals surface area contributed by atoms with Gasteiger partial charge in [-0.3, -0.25) is 10.1 Å². The van der Waals surface area contributed by atoms with E-state index in [0.717, 1.165) is 11.8 Å². The molecular weight excluding hydrogens is 240 g/mol. The van der Waals surface area contributed by atoms with E-state index in [-0.39, 0.29) is 18.1 Å². The number of aromatic amines is 1. The van der Waals surface area contributed by atoms with Gasteiger partial charge < -0.3 is 9.72 Å². The fourth-order valence-corrected chi connectivity index (χ4v) is 2.92. The van der Waals surface area contributed by atoms with E-state index in [4.69, 9.17) is 4.74 Å². The molecule has 0 amide bonds. The molecule has 0 saturated heterocycles. The zero-order valence-electron chi connectivity index (χ0n) is 11.2. The highest BCUT2D eigenvalue weighted by atomic mass is 16.5. The highest BCUT2D eigenvalue weighted by Crippen LogP contribution is 2.20. The van der Waals surface area contributed by atoms with Crippen LogP contribution in [0.4, 0.5) is 0 Å². The largest absolute Gasteiger partial charge is 0.468 e. The van der Waals surface area contributed by atoms with E-state index in [9.17, 15) is 4.79 Å². The van der Waals surface area contributed by atoms with Gasteiger partial charge in [0.25, 0.3) is 0 Å². The third-order valence-corrected chi connectivity index (χ3v) is 3.84. The van der Waals surface area contributed by atoms with E-state index in [1.54, 1.807) is 0 Å². The van der Waals surface area contributed by atoms with Crippen molar-refractivity contribution in [3.8, 4) is 0 Å². The highest BCUT2D eigenvalue weighted by Gasteiger charge is 2.30. The molecule has 0 bridgehead atoms. The number of fused-ring (bicyclic) bond motifs is 3. The first-order valence-electron chi connectivity index (χ1n) is 6.62. The Balaban J connectivity index is 2.10. The van der Waals surface area contributed by atoms with Crippen LogP contribution in [0.25, 0.3) is 12.2 Å². The molecule has 0 spiro atoms. The number of esters is 1. The summed E-state index contributed by atoms with van der Waals surface area (Å²) in [6.45, 7) is 2.07. The standard InChI is InChI=1S/C15H18N2O2/c1-9-14-11(8-13(16-9)15(18)19-2)10-6-4-3-5-7-12(10)17-14/h3,5-7,9,13,16-17H,4,8H2,1-2H3. The summed E-state index contributed by atoms with van der Waals surface area (Å²) < 4.78 is 4.86. The molecule has 2 N–H and O–H groups in total. The number of hydrogen-bond acceptors (Lipinski definition) is 3. The van der Waals surface area contributed by atoms with E-state index in [0.29, 0.717) is 6.42 Å². The van der Waals surface area contributed by atoms with Gasteiger partial charge in [-0.15, -0.1) is 0 Å². The van der Waals surface area contributed by atoms with Crippen molar-refractivity contribution in [1.82, 2.24) is 10.3 Å². The van der Waals surface area contributed by atoms with Crippen LogP contribution in [0.1, 0.15) is 30.6 Å². The minimum absolute atomic E-state index is 0.130. The van der Waals surface area contributed by atoms with Crippen LogP contribution in [0.5, 0.6) is 0 Å². The Kier molecular flexibility index (Phi) is 3.03. The van der Waals surface area contributed by atoms with Gasteiger partial charge in [0.05, 0.1) is 7.11 Å². The normalized spacial score (nSPS) is 24.5. The van der Waals surface area contributed by atoms with Crippen LogP contribution in [0, 0.1) is 0 Å². The SMILES string of the molecule is COC(=O)C1Cc2c([nH]c3c2=CCC=CC=3)C(C)N1. The Hall–Kier alpha value is -1.81. The van der Waals surface area contributed by atoms with Crippen molar-refractivity contribution in [3.05, 3.63) is 34.0 Å². The van der Waals surface area contributed by atoms with Gasteiger partial charge in [0.15, 0.2) is 0 Å². The lowest BCUT2D eigenvalue weighted by molar-refractivity contribution is -0.143. The molecule has 3 rings (SSSR count). The number of ether oxygens (including phenoxy) is 1. The predicted octanol–water partition coefficient (Wildman–Crippen LogP) is 0.284. The second-order valence-electron chi connectivity index (χ2n) is 5.05. The maximum atomic E-state index is 11.8. The average Bonchev–Trinajstić information content (AvgIpc) is 2.61. The summed E-state index contributed by atoms with van der Waals surface area (Å²) in [5.74, 6) is -0.192. The van der Waals surface area contributed by atoms with Crippen LogP contribution in [0.15, 0.2) is 12.2 Å². The highest BCUT2D eigenvalue weighted by molar-refractivity contribution is 5.76. The molecule has 0 aromatic carbocycles. The van der Waals surface area contributed by atoms with Gasteiger partial charge in [0.2, 0.25) is 0 Å². The number of hydrogen-bond donors (Lipinski definition) is 2. The predicted molar refractivity (Wildman–Crippen MR) is 73.8 cm³/mol. The molecule has 2 unspecified atom stereocenters. The Labute approximate surface area is 111 Å². The summed E-state index contributed by atoms with van der Waals surface area (Å²) in [6.07, 6.45) is 10.1. The summed E-state index contributed by atoms with van der Waals surface area (Å²) in [5, 5.41) is 5.67. The zero-order valence-corrected chi connectivity index (χ0v) is 11.2. The lowest BCUT2D eigenvalue weighted by atomic mass is 9.95. The summed E-state index contributed by atoms with van der Waals surface area (Å²) >= 11 is 0. The molecule has 2 heterocycles. The third kappa shape index (κ3) is 2.02. The van der Waals surface area contributed by atoms with Crippen LogP contribution >= 0.6 is 0 Å². The monoisotopic (exact) mass is 258 g/mol. The number of methoxy groups -OCH3 is 1. The van der Waals surface area contributed by atoms with Crippen molar-refractivity contribution in [2.24, 2.45) is 0 Å². The van der Waals surface area contributed by atoms with Gasteiger partial charge in [-0.1, -0.05) is 18.2 Å². The lowest BCUT2D eigenvalue weighted by Crippen LogP contribution is -2.45. The Morgan fingerprint density at radius 3 is 3.11 bits per heavy atom. The van der Waals surface area contributed by atoms with Crippen molar-refractivity contribution in [1.29, 1.82) is 0 Å². The molecule has 2 atom stereocenters.